The smallest absolute Gasteiger partial charge is 0.137 e. The Bertz CT molecular complexity index is 2730. The molecule has 0 bridgehead atoms. The minimum atomic E-state index is -0.0549. The maximum Gasteiger partial charge on any atom is 0.137 e. The highest BCUT2D eigenvalue weighted by molar-refractivity contribution is 6.09. The molecule has 0 spiro atoms. The molecule has 0 atom stereocenters. The highest BCUT2D eigenvalue weighted by atomic mass is 16.5. The molecule has 1 aliphatic carbocycles. The third-order valence-corrected chi connectivity index (χ3v) is 13.2. The van der Waals surface area contributed by atoms with E-state index in [-0.39, 0.29) is 16.2 Å². The van der Waals surface area contributed by atoms with E-state index in [1.807, 2.05) is 12.3 Å². The average Bonchev–Trinajstić information content (AvgIpc) is 3.50. The molecule has 8 rings (SSSR count). The Morgan fingerprint density at radius 1 is 0.600 bits per heavy atom. The second kappa shape index (κ2) is 15.0. The van der Waals surface area contributed by atoms with Gasteiger partial charge in [-0.2, -0.15) is 0 Å². The first-order valence-electron chi connectivity index (χ1n) is 22.1. The van der Waals surface area contributed by atoms with Crippen molar-refractivity contribution in [3.63, 3.8) is 0 Å². The molecule has 4 nitrogen and oxygen atoms in total. The normalized spacial score (nSPS) is 15.2. The third-order valence-electron chi connectivity index (χ3n) is 13.2. The van der Waals surface area contributed by atoms with Crippen molar-refractivity contribution in [2.45, 2.75) is 138 Å². The Balaban J connectivity index is 1.15. The van der Waals surface area contributed by atoms with Gasteiger partial charge in [0.25, 0.3) is 0 Å². The van der Waals surface area contributed by atoms with Crippen molar-refractivity contribution in [3.8, 4) is 39.7 Å². The Labute approximate surface area is 359 Å². The lowest BCUT2D eigenvalue weighted by molar-refractivity contribution is 0.224. The van der Waals surface area contributed by atoms with Gasteiger partial charge in [-0.3, -0.25) is 9.55 Å². The van der Waals surface area contributed by atoms with E-state index in [0.29, 0.717) is 11.3 Å². The van der Waals surface area contributed by atoms with E-state index in [1.165, 1.54) is 81.0 Å². The lowest BCUT2D eigenvalue weighted by atomic mass is 9.71. The molecule has 0 radical (unpaired) electrons. The minimum Gasteiger partial charge on any atom is -0.457 e. The molecule has 4 heteroatoms. The van der Waals surface area contributed by atoms with E-state index in [4.69, 9.17) is 14.7 Å². The number of hydrogen-bond donors (Lipinski definition) is 0. The zero-order valence-electron chi connectivity index (χ0n) is 38.5. The molecular formula is C56H65N3O. The van der Waals surface area contributed by atoms with Gasteiger partial charge in [-0.1, -0.05) is 113 Å². The van der Waals surface area contributed by atoms with Gasteiger partial charge in [0.05, 0.1) is 16.7 Å². The van der Waals surface area contributed by atoms with Gasteiger partial charge in [0.1, 0.15) is 17.3 Å². The number of fused-ring (bicyclic) bond motifs is 3. The summed E-state index contributed by atoms with van der Waals surface area (Å²) in [6, 6.07) is 33.4. The van der Waals surface area contributed by atoms with Gasteiger partial charge >= 0.3 is 0 Å². The van der Waals surface area contributed by atoms with Crippen LogP contribution in [0.4, 0.5) is 0 Å². The van der Waals surface area contributed by atoms with E-state index in [2.05, 4.69) is 186 Å². The van der Waals surface area contributed by atoms with Crippen LogP contribution in [0.15, 0.2) is 103 Å². The largest absolute Gasteiger partial charge is 0.457 e. The first kappa shape index (κ1) is 41.5. The molecule has 3 heterocycles. The Kier molecular flexibility index (Phi) is 10.4. The summed E-state index contributed by atoms with van der Waals surface area (Å²) in [6.07, 6.45) is 9.27. The zero-order valence-corrected chi connectivity index (χ0v) is 38.5. The van der Waals surface area contributed by atoms with Crippen molar-refractivity contribution >= 4 is 21.8 Å². The summed E-state index contributed by atoms with van der Waals surface area (Å²) in [5, 5.41) is 2.40. The quantitative estimate of drug-likeness (QED) is 0.168. The Morgan fingerprint density at radius 2 is 1.32 bits per heavy atom. The van der Waals surface area contributed by atoms with Gasteiger partial charge < -0.3 is 4.74 Å². The number of benzene rings is 4. The van der Waals surface area contributed by atoms with E-state index >= 15 is 0 Å². The van der Waals surface area contributed by atoms with E-state index in [0.717, 1.165) is 39.6 Å². The number of aromatic nitrogens is 3. The molecule has 0 N–H and O–H groups in total. The summed E-state index contributed by atoms with van der Waals surface area (Å²) in [6.45, 7) is 29.8. The van der Waals surface area contributed by atoms with Crippen molar-refractivity contribution in [1.29, 1.82) is 0 Å². The molecule has 60 heavy (non-hydrogen) atoms. The topological polar surface area (TPSA) is 39.9 Å². The summed E-state index contributed by atoms with van der Waals surface area (Å²) in [5.41, 5.74) is 15.0. The average molecular weight is 796 g/mol. The second-order valence-corrected chi connectivity index (χ2v) is 21.6. The molecule has 3 aromatic heterocycles. The number of rotatable bonds is 6. The van der Waals surface area contributed by atoms with Crippen LogP contribution in [0.2, 0.25) is 0 Å². The summed E-state index contributed by atoms with van der Waals surface area (Å²) in [5.74, 6) is 3.12. The van der Waals surface area contributed by atoms with E-state index in [1.54, 1.807) is 0 Å². The molecule has 1 saturated carbocycles. The first-order valence-corrected chi connectivity index (χ1v) is 22.1. The second-order valence-electron chi connectivity index (χ2n) is 21.6. The molecule has 7 aromatic rings. The van der Waals surface area contributed by atoms with Crippen LogP contribution in [0.3, 0.4) is 0 Å². The summed E-state index contributed by atoms with van der Waals surface area (Å²) < 4.78 is 9.06. The number of ether oxygens (including phenoxy) is 1. The number of hydrogen-bond acceptors (Lipinski definition) is 3. The molecule has 4 aromatic carbocycles. The van der Waals surface area contributed by atoms with Crippen LogP contribution in [-0.2, 0) is 16.2 Å². The number of pyridine rings is 2. The van der Waals surface area contributed by atoms with Gasteiger partial charge in [0.2, 0.25) is 0 Å². The highest BCUT2D eigenvalue weighted by Gasteiger charge is 2.29. The van der Waals surface area contributed by atoms with E-state index < -0.39 is 0 Å². The molecule has 0 unspecified atom stereocenters. The van der Waals surface area contributed by atoms with Crippen LogP contribution < -0.4 is 4.74 Å². The van der Waals surface area contributed by atoms with Crippen LogP contribution in [-0.4, -0.2) is 14.5 Å². The Hall–Kier alpha value is -5.22. The summed E-state index contributed by atoms with van der Waals surface area (Å²) in [4.78, 5) is 10.1. The van der Waals surface area contributed by atoms with Crippen molar-refractivity contribution in [1.82, 2.24) is 14.5 Å². The summed E-state index contributed by atoms with van der Waals surface area (Å²) >= 11 is 0. The standard InChI is InChI=1S/C56H65N3O/c1-35-27-38(37-23-25-56(12,13)26-24-37)17-20-43(35)45-31-49(57-33-36(45)2)39-15-14-16-41(28-39)60-42-19-21-44-46-29-40(53(3,4)5)18-22-50(46)59(51(44)30-42)52-32-47(54(6,7)8)48(34-58-52)55(9,10)11/h14-22,27-34,37H,23-26H2,1-13H3. The monoisotopic (exact) mass is 796 g/mol. The molecule has 1 aliphatic rings. The van der Waals surface area contributed by atoms with Crippen LogP contribution in [0.5, 0.6) is 11.5 Å². The molecule has 0 aliphatic heterocycles. The van der Waals surface area contributed by atoms with Gasteiger partial charge in [-0.15, -0.1) is 0 Å². The van der Waals surface area contributed by atoms with Crippen LogP contribution in [0, 0.1) is 19.3 Å². The van der Waals surface area contributed by atoms with Crippen LogP contribution in [0.1, 0.15) is 141 Å². The van der Waals surface area contributed by atoms with E-state index in [9.17, 15) is 0 Å². The first-order chi connectivity index (χ1) is 28.2. The highest BCUT2D eigenvalue weighted by Crippen LogP contribution is 2.44. The van der Waals surface area contributed by atoms with Gasteiger partial charge in [-0.25, -0.2) is 4.98 Å². The molecule has 310 valence electrons. The SMILES string of the molecule is Cc1cc(C2CCC(C)(C)CC2)ccc1-c1cc(-c2cccc(Oc3ccc4c5cc(C(C)(C)C)ccc5n(-c5cc(C(C)(C)C)c(C(C)(C)C)cn5)c4c3)c2)ncc1C. The zero-order chi connectivity index (χ0) is 42.9. The van der Waals surface area contributed by atoms with Crippen molar-refractivity contribution in [2.75, 3.05) is 0 Å². The fourth-order valence-electron chi connectivity index (χ4n) is 9.36. The molecular weight excluding hydrogens is 731 g/mol. The van der Waals surface area contributed by atoms with Crippen LogP contribution >= 0.6 is 0 Å². The lowest BCUT2D eigenvalue weighted by Gasteiger charge is -2.34. The summed E-state index contributed by atoms with van der Waals surface area (Å²) in [7, 11) is 0. The predicted octanol–water partition coefficient (Wildman–Crippen LogP) is 15.9. The fraction of sp³-hybridized carbons (Fsp3) is 0.393. The van der Waals surface area contributed by atoms with Crippen LogP contribution in [0.25, 0.3) is 50.0 Å². The van der Waals surface area contributed by atoms with Crippen molar-refractivity contribution in [3.05, 3.63) is 137 Å². The van der Waals surface area contributed by atoms with Crippen molar-refractivity contribution in [2.24, 2.45) is 5.41 Å². The Morgan fingerprint density at radius 3 is 2.00 bits per heavy atom. The predicted molar refractivity (Wildman–Crippen MR) is 254 cm³/mol. The molecule has 1 fully saturated rings. The maximum atomic E-state index is 6.74. The number of nitrogens with zero attached hydrogens (tertiary/aromatic N) is 3. The van der Waals surface area contributed by atoms with Gasteiger partial charge in [0, 0.05) is 34.8 Å². The maximum absolute atomic E-state index is 6.74. The van der Waals surface area contributed by atoms with Crippen molar-refractivity contribution < 1.29 is 4.74 Å². The lowest BCUT2D eigenvalue weighted by Crippen LogP contribution is -2.23. The van der Waals surface area contributed by atoms with Gasteiger partial charge in [-0.05, 0) is 160 Å². The minimum absolute atomic E-state index is 0.0194. The molecule has 0 amide bonds. The third kappa shape index (κ3) is 8.15. The van der Waals surface area contributed by atoms with Gasteiger partial charge in [0.15, 0.2) is 0 Å². The molecule has 0 saturated heterocycles. The number of aryl methyl sites for hydroxylation is 2. The fourth-order valence-corrected chi connectivity index (χ4v) is 9.36.